The Morgan fingerprint density at radius 1 is 1.22 bits per heavy atom. The second-order valence-corrected chi connectivity index (χ2v) is 5.82. The summed E-state index contributed by atoms with van der Waals surface area (Å²) in [5.41, 5.74) is 0.738. The lowest BCUT2D eigenvalue weighted by Crippen LogP contribution is -2.39. The van der Waals surface area contributed by atoms with Crippen molar-refractivity contribution in [2.24, 2.45) is 11.8 Å². The van der Waals surface area contributed by atoms with Crippen LogP contribution in [0, 0.1) is 11.8 Å². The molecule has 0 spiro atoms. The van der Waals surface area contributed by atoms with Crippen LogP contribution in [0.15, 0.2) is 24.3 Å². The number of hydrogen-bond donors (Lipinski definition) is 0. The topological polar surface area (TPSA) is 20.3 Å². The van der Waals surface area contributed by atoms with Crippen LogP contribution in [0.4, 0.5) is 0 Å². The predicted molar refractivity (Wildman–Crippen MR) is 74.9 cm³/mol. The summed E-state index contributed by atoms with van der Waals surface area (Å²) < 4.78 is 0. The highest BCUT2D eigenvalue weighted by Gasteiger charge is 2.24. The monoisotopic (exact) mass is 265 g/mol. The summed E-state index contributed by atoms with van der Waals surface area (Å²) in [7, 11) is 0. The van der Waals surface area contributed by atoms with Gasteiger partial charge in [-0.1, -0.05) is 25.4 Å². The van der Waals surface area contributed by atoms with Crippen LogP contribution < -0.4 is 0 Å². The SMILES string of the molecule is CC(C)C1CCN(C(=O)c2ccc(Cl)cc2)CC1. The van der Waals surface area contributed by atoms with Gasteiger partial charge in [-0.05, 0) is 48.9 Å². The van der Waals surface area contributed by atoms with Gasteiger partial charge in [0.05, 0.1) is 0 Å². The molecule has 0 bridgehead atoms. The smallest absolute Gasteiger partial charge is 0.253 e. The van der Waals surface area contributed by atoms with Crippen molar-refractivity contribution in [1.82, 2.24) is 4.90 Å². The molecule has 2 rings (SSSR count). The molecular formula is C15H20ClNO. The normalized spacial score (nSPS) is 17.2. The number of rotatable bonds is 2. The standard InChI is InChI=1S/C15H20ClNO/c1-11(2)12-7-9-17(10-8-12)15(18)13-3-5-14(16)6-4-13/h3-6,11-12H,7-10H2,1-2H3. The Bertz CT molecular complexity index is 405. The quantitative estimate of drug-likeness (QED) is 0.795. The fraction of sp³-hybridized carbons (Fsp3) is 0.533. The van der Waals surface area contributed by atoms with Crippen molar-refractivity contribution in [2.75, 3.05) is 13.1 Å². The zero-order chi connectivity index (χ0) is 13.1. The van der Waals surface area contributed by atoms with E-state index in [1.807, 2.05) is 4.90 Å². The lowest BCUT2D eigenvalue weighted by Gasteiger charge is -2.33. The highest BCUT2D eigenvalue weighted by molar-refractivity contribution is 6.30. The molecule has 1 amide bonds. The lowest BCUT2D eigenvalue weighted by atomic mass is 9.86. The number of carbonyl (C=O) groups is 1. The fourth-order valence-corrected chi connectivity index (χ4v) is 2.67. The number of benzene rings is 1. The second kappa shape index (κ2) is 5.75. The Morgan fingerprint density at radius 2 is 1.78 bits per heavy atom. The van der Waals surface area contributed by atoms with Crippen LogP contribution in [-0.2, 0) is 0 Å². The zero-order valence-electron chi connectivity index (χ0n) is 11.0. The molecule has 1 aromatic rings. The zero-order valence-corrected chi connectivity index (χ0v) is 11.8. The molecule has 0 saturated carbocycles. The van der Waals surface area contributed by atoms with Gasteiger partial charge in [0.2, 0.25) is 0 Å². The van der Waals surface area contributed by atoms with Crippen LogP contribution in [0.25, 0.3) is 0 Å². The van der Waals surface area contributed by atoms with Crippen LogP contribution in [0.5, 0.6) is 0 Å². The molecule has 1 aromatic carbocycles. The van der Waals surface area contributed by atoms with Gasteiger partial charge in [0, 0.05) is 23.7 Å². The summed E-state index contributed by atoms with van der Waals surface area (Å²) in [4.78, 5) is 14.2. The molecule has 3 heteroatoms. The predicted octanol–water partition coefficient (Wildman–Crippen LogP) is 3.85. The molecule has 1 saturated heterocycles. The molecule has 1 aliphatic heterocycles. The molecule has 0 aliphatic carbocycles. The summed E-state index contributed by atoms with van der Waals surface area (Å²) in [5.74, 6) is 1.62. The van der Waals surface area contributed by atoms with Gasteiger partial charge in [-0.3, -0.25) is 4.79 Å². The van der Waals surface area contributed by atoms with Crippen molar-refractivity contribution in [3.63, 3.8) is 0 Å². The second-order valence-electron chi connectivity index (χ2n) is 5.38. The van der Waals surface area contributed by atoms with Gasteiger partial charge >= 0.3 is 0 Å². The third kappa shape index (κ3) is 3.05. The van der Waals surface area contributed by atoms with Gasteiger partial charge in [0.25, 0.3) is 5.91 Å². The molecule has 0 radical (unpaired) electrons. The number of amides is 1. The maximum Gasteiger partial charge on any atom is 0.253 e. The summed E-state index contributed by atoms with van der Waals surface area (Å²) in [6.45, 7) is 6.29. The number of hydrogen-bond acceptors (Lipinski definition) is 1. The Labute approximate surface area is 114 Å². The van der Waals surface area contributed by atoms with Crippen molar-refractivity contribution < 1.29 is 4.79 Å². The third-order valence-corrected chi connectivity index (χ3v) is 4.11. The molecule has 0 N–H and O–H groups in total. The van der Waals surface area contributed by atoms with Gasteiger partial charge in [-0.25, -0.2) is 0 Å². The van der Waals surface area contributed by atoms with E-state index in [9.17, 15) is 4.79 Å². The Morgan fingerprint density at radius 3 is 2.28 bits per heavy atom. The van der Waals surface area contributed by atoms with E-state index in [1.54, 1.807) is 24.3 Å². The van der Waals surface area contributed by atoms with E-state index in [2.05, 4.69) is 13.8 Å². The van der Waals surface area contributed by atoms with Crippen molar-refractivity contribution in [1.29, 1.82) is 0 Å². The van der Waals surface area contributed by atoms with E-state index in [0.717, 1.165) is 43.3 Å². The first-order valence-corrected chi connectivity index (χ1v) is 7.00. The third-order valence-electron chi connectivity index (χ3n) is 3.86. The number of piperidine rings is 1. The van der Waals surface area contributed by atoms with Crippen molar-refractivity contribution in [3.05, 3.63) is 34.9 Å². The Balaban J connectivity index is 1.97. The molecule has 1 heterocycles. The minimum absolute atomic E-state index is 0.133. The largest absolute Gasteiger partial charge is 0.339 e. The molecule has 98 valence electrons. The van der Waals surface area contributed by atoms with Crippen LogP contribution >= 0.6 is 11.6 Å². The molecule has 2 nitrogen and oxygen atoms in total. The van der Waals surface area contributed by atoms with Gasteiger partial charge in [0.15, 0.2) is 0 Å². The minimum Gasteiger partial charge on any atom is -0.339 e. The van der Waals surface area contributed by atoms with E-state index in [-0.39, 0.29) is 5.91 Å². The molecule has 0 unspecified atom stereocenters. The van der Waals surface area contributed by atoms with Crippen LogP contribution in [0.1, 0.15) is 37.0 Å². The minimum atomic E-state index is 0.133. The van der Waals surface area contributed by atoms with Crippen LogP contribution in [-0.4, -0.2) is 23.9 Å². The van der Waals surface area contributed by atoms with E-state index >= 15 is 0 Å². The van der Waals surface area contributed by atoms with Crippen molar-refractivity contribution in [3.8, 4) is 0 Å². The molecule has 1 fully saturated rings. The van der Waals surface area contributed by atoms with E-state index < -0.39 is 0 Å². The average Bonchev–Trinajstić information content (AvgIpc) is 2.39. The molecule has 0 atom stereocenters. The van der Waals surface area contributed by atoms with Gasteiger partial charge in [-0.15, -0.1) is 0 Å². The van der Waals surface area contributed by atoms with Gasteiger partial charge < -0.3 is 4.90 Å². The van der Waals surface area contributed by atoms with E-state index in [4.69, 9.17) is 11.6 Å². The molecule has 0 aromatic heterocycles. The van der Waals surface area contributed by atoms with Crippen molar-refractivity contribution in [2.45, 2.75) is 26.7 Å². The van der Waals surface area contributed by atoms with E-state index in [0.29, 0.717) is 5.02 Å². The Hall–Kier alpha value is -1.02. The number of carbonyl (C=O) groups excluding carboxylic acids is 1. The number of halogens is 1. The highest BCUT2D eigenvalue weighted by atomic mass is 35.5. The molecular weight excluding hydrogens is 246 g/mol. The average molecular weight is 266 g/mol. The maximum atomic E-state index is 12.3. The number of likely N-dealkylation sites (tertiary alicyclic amines) is 1. The first-order valence-electron chi connectivity index (χ1n) is 6.63. The van der Waals surface area contributed by atoms with Crippen LogP contribution in [0.3, 0.4) is 0 Å². The van der Waals surface area contributed by atoms with Gasteiger partial charge in [-0.2, -0.15) is 0 Å². The maximum absolute atomic E-state index is 12.3. The summed E-state index contributed by atoms with van der Waals surface area (Å²) in [6, 6.07) is 7.16. The highest BCUT2D eigenvalue weighted by Crippen LogP contribution is 2.25. The van der Waals surface area contributed by atoms with Crippen molar-refractivity contribution >= 4 is 17.5 Å². The summed E-state index contributed by atoms with van der Waals surface area (Å²) in [5, 5.41) is 0.671. The molecule has 18 heavy (non-hydrogen) atoms. The fourth-order valence-electron chi connectivity index (χ4n) is 2.54. The first-order chi connectivity index (χ1) is 8.58. The van der Waals surface area contributed by atoms with E-state index in [1.165, 1.54) is 0 Å². The lowest BCUT2D eigenvalue weighted by molar-refractivity contribution is 0.0667. The first kappa shape index (κ1) is 13.4. The molecule has 1 aliphatic rings. The Kier molecular flexibility index (Phi) is 4.28. The summed E-state index contributed by atoms with van der Waals surface area (Å²) in [6.07, 6.45) is 2.24. The van der Waals surface area contributed by atoms with Gasteiger partial charge in [0.1, 0.15) is 0 Å². The number of nitrogens with zero attached hydrogens (tertiary/aromatic N) is 1. The summed E-state index contributed by atoms with van der Waals surface area (Å²) >= 11 is 5.83. The van der Waals surface area contributed by atoms with Crippen LogP contribution in [0.2, 0.25) is 5.02 Å².